The first-order valence-corrected chi connectivity index (χ1v) is 10.9. The maximum Gasteiger partial charge on any atom is 0.243 e. The van der Waals surface area contributed by atoms with E-state index >= 15 is 0 Å². The number of rotatable bonds is 6. The van der Waals surface area contributed by atoms with E-state index in [0.717, 1.165) is 51.1 Å². The molecule has 2 saturated carbocycles. The first-order valence-electron chi connectivity index (χ1n) is 10.9. The highest BCUT2D eigenvalue weighted by Gasteiger charge is 2.43. The lowest BCUT2D eigenvalue weighted by atomic mass is 9.77. The predicted molar refractivity (Wildman–Crippen MR) is 105 cm³/mol. The smallest absolute Gasteiger partial charge is 0.243 e. The third-order valence-electron chi connectivity index (χ3n) is 7.28. The van der Waals surface area contributed by atoms with Gasteiger partial charge in [0.25, 0.3) is 0 Å². The molecule has 0 bridgehead atoms. The number of carbonyl (C=O) groups excluding carboxylic acids is 1. The Morgan fingerprint density at radius 2 is 1.81 bits per heavy atom. The number of nitrogens with one attached hydrogen (secondary N) is 3. The van der Waals surface area contributed by atoms with Gasteiger partial charge in [-0.05, 0) is 69.3 Å². The van der Waals surface area contributed by atoms with Gasteiger partial charge in [-0.3, -0.25) is 10.2 Å². The topological polar surface area (TPSA) is 56.4 Å². The number of halogens is 1. The zero-order valence-corrected chi connectivity index (χ0v) is 16.3. The molecule has 4 atom stereocenters. The first-order chi connectivity index (χ1) is 13.1. The van der Waals surface area contributed by atoms with Gasteiger partial charge in [-0.2, -0.15) is 0 Å². The van der Waals surface area contributed by atoms with E-state index in [1.165, 1.54) is 25.3 Å². The largest absolute Gasteiger partial charge is 0.352 e. The minimum absolute atomic E-state index is 0.0950. The van der Waals surface area contributed by atoms with Gasteiger partial charge in [0.1, 0.15) is 6.17 Å². The molecule has 2 saturated heterocycles. The Bertz CT molecular complexity index is 532. The summed E-state index contributed by atoms with van der Waals surface area (Å²) in [5.41, 5.74) is 3.80. The molecule has 6 heteroatoms. The standard InChI is InChI=1S/C21H35FN4O/c1-2-21(27)24-13-16-12-23-19(15-5-7-17(22)8-6-15)11-20(16)26-10-9-18(25-26)14-3-4-14/h2,14-20,23,25H,1,3-13H2,(H,24,27). The van der Waals surface area contributed by atoms with E-state index in [2.05, 4.69) is 27.6 Å². The number of amides is 1. The van der Waals surface area contributed by atoms with Crippen LogP contribution in [0.1, 0.15) is 51.4 Å². The maximum absolute atomic E-state index is 13.6. The molecule has 152 valence electrons. The second kappa shape index (κ2) is 8.58. The fraction of sp³-hybridized carbons (Fsp3) is 0.857. The van der Waals surface area contributed by atoms with Crippen molar-refractivity contribution in [2.45, 2.75) is 75.7 Å². The van der Waals surface area contributed by atoms with E-state index in [9.17, 15) is 9.18 Å². The molecule has 0 spiro atoms. The van der Waals surface area contributed by atoms with Crippen molar-refractivity contribution in [1.82, 2.24) is 21.1 Å². The number of nitrogens with zero attached hydrogens (tertiary/aromatic N) is 1. The Morgan fingerprint density at radius 1 is 1.11 bits per heavy atom. The maximum atomic E-state index is 13.6. The van der Waals surface area contributed by atoms with Crippen molar-refractivity contribution in [2.24, 2.45) is 17.8 Å². The molecule has 2 aliphatic carbocycles. The summed E-state index contributed by atoms with van der Waals surface area (Å²) in [4.78, 5) is 11.7. The van der Waals surface area contributed by atoms with Crippen LogP contribution in [0.5, 0.6) is 0 Å². The third-order valence-corrected chi connectivity index (χ3v) is 7.28. The van der Waals surface area contributed by atoms with Gasteiger partial charge >= 0.3 is 0 Å². The van der Waals surface area contributed by atoms with Gasteiger partial charge in [-0.15, -0.1) is 0 Å². The lowest BCUT2D eigenvalue weighted by Gasteiger charge is -2.45. The lowest BCUT2D eigenvalue weighted by Crippen LogP contribution is -2.60. The number of hydrazine groups is 1. The van der Waals surface area contributed by atoms with E-state index in [4.69, 9.17) is 0 Å². The van der Waals surface area contributed by atoms with Crippen LogP contribution in [0.3, 0.4) is 0 Å². The number of hydrogen-bond acceptors (Lipinski definition) is 4. The molecule has 3 N–H and O–H groups in total. The van der Waals surface area contributed by atoms with Crippen LogP contribution in [0.15, 0.2) is 12.7 Å². The van der Waals surface area contributed by atoms with Gasteiger partial charge in [0, 0.05) is 43.7 Å². The van der Waals surface area contributed by atoms with Crippen LogP contribution in [0.4, 0.5) is 4.39 Å². The van der Waals surface area contributed by atoms with Crippen LogP contribution in [-0.4, -0.2) is 54.8 Å². The highest BCUT2D eigenvalue weighted by atomic mass is 19.1. The number of carbonyl (C=O) groups is 1. The molecule has 1 amide bonds. The molecule has 4 aliphatic rings. The van der Waals surface area contributed by atoms with Crippen LogP contribution >= 0.6 is 0 Å². The Balaban J connectivity index is 1.39. The Kier molecular flexibility index (Phi) is 6.15. The summed E-state index contributed by atoms with van der Waals surface area (Å²) >= 11 is 0. The average Bonchev–Trinajstić information content (AvgIpc) is 3.43. The number of hydrogen-bond donors (Lipinski definition) is 3. The molecular weight excluding hydrogens is 343 g/mol. The van der Waals surface area contributed by atoms with Crippen LogP contribution in [0, 0.1) is 17.8 Å². The van der Waals surface area contributed by atoms with Crippen molar-refractivity contribution >= 4 is 5.91 Å². The fourth-order valence-corrected chi connectivity index (χ4v) is 5.43. The van der Waals surface area contributed by atoms with E-state index in [1.54, 1.807) is 0 Å². The Hall–Kier alpha value is -0.980. The zero-order valence-electron chi connectivity index (χ0n) is 16.3. The Morgan fingerprint density at radius 3 is 2.52 bits per heavy atom. The van der Waals surface area contributed by atoms with E-state index in [1.807, 2.05) is 0 Å². The quantitative estimate of drug-likeness (QED) is 0.620. The molecule has 4 rings (SSSR count). The molecule has 27 heavy (non-hydrogen) atoms. The SMILES string of the molecule is C=CC(=O)NCC1CNC(C2CCC(F)CC2)CC1N1CCC(C2CC2)N1. The third kappa shape index (κ3) is 4.72. The van der Waals surface area contributed by atoms with Crippen LogP contribution in [0.2, 0.25) is 0 Å². The molecular formula is C21H35FN4O. The van der Waals surface area contributed by atoms with Gasteiger partial charge in [-0.1, -0.05) is 6.58 Å². The summed E-state index contributed by atoms with van der Waals surface area (Å²) in [6, 6.07) is 1.53. The van der Waals surface area contributed by atoms with Gasteiger partial charge in [0.2, 0.25) is 5.91 Å². The van der Waals surface area contributed by atoms with E-state index in [0.29, 0.717) is 36.5 Å². The van der Waals surface area contributed by atoms with E-state index in [-0.39, 0.29) is 5.91 Å². The normalized spacial score (nSPS) is 40.6. The summed E-state index contributed by atoms with van der Waals surface area (Å²) < 4.78 is 13.6. The summed E-state index contributed by atoms with van der Waals surface area (Å²) in [5, 5.41) is 9.22. The van der Waals surface area contributed by atoms with Crippen LogP contribution in [-0.2, 0) is 4.79 Å². The van der Waals surface area contributed by atoms with Crippen molar-refractivity contribution in [2.75, 3.05) is 19.6 Å². The second-order valence-corrected chi connectivity index (χ2v) is 9.09. The lowest BCUT2D eigenvalue weighted by molar-refractivity contribution is -0.116. The summed E-state index contributed by atoms with van der Waals surface area (Å²) in [5.74, 6) is 1.74. The molecule has 0 aromatic rings. The van der Waals surface area contributed by atoms with Crippen LogP contribution in [0.25, 0.3) is 0 Å². The molecule has 0 radical (unpaired) electrons. The molecule has 0 aromatic heterocycles. The minimum atomic E-state index is -0.595. The summed E-state index contributed by atoms with van der Waals surface area (Å²) in [7, 11) is 0. The fourth-order valence-electron chi connectivity index (χ4n) is 5.43. The molecule has 4 fully saturated rings. The van der Waals surface area contributed by atoms with Crippen molar-refractivity contribution in [3.8, 4) is 0 Å². The molecule has 5 nitrogen and oxygen atoms in total. The minimum Gasteiger partial charge on any atom is -0.352 e. The number of piperidine rings is 1. The summed E-state index contributed by atoms with van der Waals surface area (Å²) in [6.07, 6.45) is 9.25. The van der Waals surface area contributed by atoms with Gasteiger partial charge in [-0.25, -0.2) is 9.40 Å². The highest BCUT2D eigenvalue weighted by Crippen LogP contribution is 2.38. The molecule has 2 aliphatic heterocycles. The molecule has 2 heterocycles. The van der Waals surface area contributed by atoms with Crippen LogP contribution < -0.4 is 16.1 Å². The predicted octanol–water partition coefficient (Wildman–Crippen LogP) is 2.15. The Labute approximate surface area is 162 Å². The van der Waals surface area contributed by atoms with E-state index < -0.39 is 6.17 Å². The molecule has 0 aromatic carbocycles. The van der Waals surface area contributed by atoms with Crippen molar-refractivity contribution in [1.29, 1.82) is 0 Å². The van der Waals surface area contributed by atoms with Gasteiger partial charge in [0.05, 0.1) is 0 Å². The highest BCUT2D eigenvalue weighted by molar-refractivity contribution is 5.86. The average molecular weight is 379 g/mol. The second-order valence-electron chi connectivity index (χ2n) is 9.09. The van der Waals surface area contributed by atoms with Crippen molar-refractivity contribution in [3.05, 3.63) is 12.7 Å². The van der Waals surface area contributed by atoms with Crippen molar-refractivity contribution in [3.63, 3.8) is 0 Å². The monoisotopic (exact) mass is 378 g/mol. The van der Waals surface area contributed by atoms with Gasteiger partial charge < -0.3 is 10.6 Å². The zero-order chi connectivity index (χ0) is 18.8. The first kappa shape index (κ1) is 19.3. The van der Waals surface area contributed by atoms with Gasteiger partial charge in [0.15, 0.2) is 0 Å². The van der Waals surface area contributed by atoms with Crippen molar-refractivity contribution < 1.29 is 9.18 Å². The molecule has 4 unspecified atom stereocenters. The summed E-state index contributed by atoms with van der Waals surface area (Å²) in [6.45, 7) is 6.24. The number of alkyl halides is 1.